The molecule has 0 aliphatic carbocycles. The van der Waals surface area contributed by atoms with E-state index in [0.29, 0.717) is 12.1 Å². The van der Waals surface area contributed by atoms with E-state index in [-0.39, 0.29) is 5.54 Å². The maximum absolute atomic E-state index is 3.76. The fourth-order valence-electron chi connectivity index (χ4n) is 2.83. The van der Waals surface area contributed by atoms with Gasteiger partial charge in [-0.05, 0) is 32.6 Å². The highest BCUT2D eigenvalue weighted by Gasteiger charge is 2.37. The minimum atomic E-state index is 0.281. The van der Waals surface area contributed by atoms with Crippen LogP contribution in [0.15, 0.2) is 0 Å². The van der Waals surface area contributed by atoms with Gasteiger partial charge in [0, 0.05) is 30.7 Å². The summed E-state index contributed by atoms with van der Waals surface area (Å²) in [5, 5.41) is 3.76. The Morgan fingerprint density at radius 1 is 1.24 bits per heavy atom. The first kappa shape index (κ1) is 15.0. The smallest absolute Gasteiger partial charge is 0.0249 e. The van der Waals surface area contributed by atoms with Gasteiger partial charge in [-0.3, -0.25) is 4.90 Å². The zero-order valence-corrected chi connectivity index (χ0v) is 12.9. The van der Waals surface area contributed by atoms with Crippen LogP contribution in [0.4, 0.5) is 0 Å². The maximum atomic E-state index is 3.76. The summed E-state index contributed by atoms with van der Waals surface area (Å²) < 4.78 is 0. The van der Waals surface area contributed by atoms with Crippen molar-refractivity contribution in [3.05, 3.63) is 0 Å². The molecule has 2 heteroatoms. The van der Waals surface area contributed by atoms with E-state index in [1.54, 1.807) is 0 Å². The van der Waals surface area contributed by atoms with Gasteiger partial charge in [0.15, 0.2) is 0 Å². The summed E-state index contributed by atoms with van der Waals surface area (Å²) in [4.78, 5) is 2.71. The quantitative estimate of drug-likeness (QED) is 0.815. The monoisotopic (exact) mass is 240 g/mol. The molecule has 1 rings (SSSR count). The van der Waals surface area contributed by atoms with Gasteiger partial charge in [0.05, 0.1) is 0 Å². The summed E-state index contributed by atoms with van der Waals surface area (Å²) in [7, 11) is 0. The largest absolute Gasteiger partial charge is 0.311 e. The predicted molar refractivity (Wildman–Crippen MR) is 76.3 cm³/mol. The van der Waals surface area contributed by atoms with Gasteiger partial charge in [0.2, 0.25) is 0 Å². The van der Waals surface area contributed by atoms with Gasteiger partial charge in [-0.15, -0.1) is 0 Å². The van der Waals surface area contributed by atoms with Crippen molar-refractivity contribution in [1.29, 1.82) is 0 Å². The second-order valence-electron chi connectivity index (χ2n) is 7.03. The number of hydrogen-bond acceptors (Lipinski definition) is 2. The molecule has 2 nitrogen and oxygen atoms in total. The van der Waals surface area contributed by atoms with Gasteiger partial charge in [0.25, 0.3) is 0 Å². The molecule has 0 amide bonds. The molecule has 0 bridgehead atoms. The molecule has 17 heavy (non-hydrogen) atoms. The van der Waals surface area contributed by atoms with Crippen LogP contribution in [0.5, 0.6) is 0 Å². The summed E-state index contributed by atoms with van der Waals surface area (Å²) in [6.07, 6.45) is 1.27. The highest BCUT2D eigenvalue weighted by molar-refractivity contribution is 4.94. The van der Waals surface area contributed by atoms with Gasteiger partial charge >= 0.3 is 0 Å². The Morgan fingerprint density at radius 2 is 1.82 bits per heavy atom. The molecule has 1 N–H and O–H groups in total. The lowest BCUT2D eigenvalue weighted by atomic mass is 9.88. The molecule has 0 aromatic rings. The summed E-state index contributed by atoms with van der Waals surface area (Å²) in [6.45, 7) is 18.7. The second-order valence-corrected chi connectivity index (χ2v) is 7.03. The van der Waals surface area contributed by atoms with E-state index in [2.05, 4.69) is 58.7 Å². The zero-order chi connectivity index (χ0) is 13.2. The Bertz CT molecular complexity index is 230. The average molecular weight is 240 g/mol. The summed E-state index contributed by atoms with van der Waals surface area (Å²) in [5.74, 6) is 1.49. The molecule has 1 aliphatic rings. The van der Waals surface area contributed by atoms with Crippen LogP contribution in [0.2, 0.25) is 0 Å². The van der Waals surface area contributed by atoms with Gasteiger partial charge in [-0.2, -0.15) is 0 Å². The van der Waals surface area contributed by atoms with Crippen LogP contribution in [-0.2, 0) is 0 Å². The third-order valence-electron chi connectivity index (χ3n) is 4.34. The molecule has 0 radical (unpaired) electrons. The molecule has 3 atom stereocenters. The molecule has 0 saturated carbocycles. The molecule has 1 fully saturated rings. The molecule has 0 aromatic carbocycles. The standard InChI is InChI=1S/C15H32N2/c1-8-12(4)13-10-17(15(5,6)7)14(9-16-13)11(2)3/h11-14,16H,8-10H2,1-7H3. The summed E-state index contributed by atoms with van der Waals surface area (Å²) in [5.41, 5.74) is 0.281. The maximum Gasteiger partial charge on any atom is 0.0249 e. The molecule has 0 aromatic heterocycles. The van der Waals surface area contributed by atoms with E-state index in [1.165, 1.54) is 13.0 Å². The van der Waals surface area contributed by atoms with Gasteiger partial charge < -0.3 is 5.32 Å². The van der Waals surface area contributed by atoms with Crippen molar-refractivity contribution in [3.63, 3.8) is 0 Å². The average Bonchev–Trinajstić information content (AvgIpc) is 2.25. The molecular weight excluding hydrogens is 208 g/mol. The van der Waals surface area contributed by atoms with E-state index in [1.807, 2.05) is 0 Å². The lowest BCUT2D eigenvalue weighted by Crippen LogP contribution is -2.64. The number of nitrogens with zero attached hydrogens (tertiary/aromatic N) is 1. The van der Waals surface area contributed by atoms with Gasteiger partial charge in [0.1, 0.15) is 0 Å². The Labute approximate surface area is 108 Å². The lowest BCUT2D eigenvalue weighted by Gasteiger charge is -2.50. The minimum absolute atomic E-state index is 0.281. The van der Waals surface area contributed by atoms with Crippen molar-refractivity contribution in [2.24, 2.45) is 11.8 Å². The van der Waals surface area contributed by atoms with Crippen LogP contribution in [0.1, 0.15) is 54.9 Å². The third kappa shape index (κ3) is 3.69. The number of nitrogens with one attached hydrogen (secondary N) is 1. The zero-order valence-electron chi connectivity index (χ0n) is 12.9. The Hall–Kier alpha value is -0.0800. The fraction of sp³-hybridized carbons (Fsp3) is 1.00. The topological polar surface area (TPSA) is 15.3 Å². The first-order valence-electron chi connectivity index (χ1n) is 7.27. The van der Waals surface area contributed by atoms with Crippen LogP contribution < -0.4 is 5.32 Å². The Balaban J connectivity index is 2.77. The molecule has 102 valence electrons. The first-order valence-corrected chi connectivity index (χ1v) is 7.27. The van der Waals surface area contributed by atoms with Crippen LogP contribution in [0.25, 0.3) is 0 Å². The van der Waals surface area contributed by atoms with Crippen LogP contribution >= 0.6 is 0 Å². The van der Waals surface area contributed by atoms with Crippen molar-refractivity contribution < 1.29 is 0 Å². The predicted octanol–water partition coefficient (Wildman–Crippen LogP) is 3.13. The normalized spacial score (nSPS) is 29.6. The highest BCUT2D eigenvalue weighted by Crippen LogP contribution is 2.26. The van der Waals surface area contributed by atoms with E-state index in [4.69, 9.17) is 0 Å². The van der Waals surface area contributed by atoms with Crippen molar-refractivity contribution in [3.8, 4) is 0 Å². The Morgan fingerprint density at radius 3 is 2.24 bits per heavy atom. The van der Waals surface area contributed by atoms with Gasteiger partial charge in [-0.1, -0.05) is 34.1 Å². The Kier molecular flexibility index (Phi) is 5.03. The third-order valence-corrected chi connectivity index (χ3v) is 4.34. The van der Waals surface area contributed by atoms with Crippen LogP contribution in [0, 0.1) is 11.8 Å². The van der Waals surface area contributed by atoms with E-state index in [0.717, 1.165) is 18.4 Å². The summed E-state index contributed by atoms with van der Waals surface area (Å²) in [6, 6.07) is 1.34. The van der Waals surface area contributed by atoms with Crippen molar-refractivity contribution in [2.75, 3.05) is 13.1 Å². The SMILES string of the molecule is CCC(C)C1CN(C(C)(C)C)C(C(C)C)CN1. The summed E-state index contributed by atoms with van der Waals surface area (Å²) >= 11 is 0. The molecule has 0 spiro atoms. The van der Waals surface area contributed by atoms with Crippen molar-refractivity contribution in [2.45, 2.75) is 72.5 Å². The van der Waals surface area contributed by atoms with Crippen LogP contribution in [-0.4, -0.2) is 35.6 Å². The number of piperazine rings is 1. The fourth-order valence-corrected chi connectivity index (χ4v) is 2.83. The first-order chi connectivity index (χ1) is 7.77. The molecule has 1 heterocycles. The minimum Gasteiger partial charge on any atom is -0.311 e. The van der Waals surface area contributed by atoms with E-state index < -0.39 is 0 Å². The molecule has 1 aliphatic heterocycles. The van der Waals surface area contributed by atoms with Crippen molar-refractivity contribution in [1.82, 2.24) is 10.2 Å². The molecule has 3 unspecified atom stereocenters. The number of hydrogen-bond donors (Lipinski definition) is 1. The van der Waals surface area contributed by atoms with Crippen LogP contribution in [0.3, 0.4) is 0 Å². The van der Waals surface area contributed by atoms with Gasteiger partial charge in [-0.25, -0.2) is 0 Å². The highest BCUT2D eigenvalue weighted by atomic mass is 15.3. The molecule has 1 saturated heterocycles. The molecular formula is C15H32N2. The van der Waals surface area contributed by atoms with E-state index >= 15 is 0 Å². The lowest BCUT2D eigenvalue weighted by molar-refractivity contribution is 0.00997. The van der Waals surface area contributed by atoms with E-state index in [9.17, 15) is 0 Å². The number of rotatable bonds is 3. The van der Waals surface area contributed by atoms with Crippen molar-refractivity contribution >= 4 is 0 Å². The second kappa shape index (κ2) is 5.71.